The van der Waals surface area contributed by atoms with Crippen LogP contribution in [0.5, 0.6) is 0 Å². The molecule has 0 heterocycles. The first kappa shape index (κ1) is 14.8. The molecule has 0 saturated carbocycles. The number of hydrogen-bond acceptors (Lipinski definition) is 5. The van der Waals surface area contributed by atoms with Crippen molar-refractivity contribution in [2.24, 2.45) is 5.73 Å². The van der Waals surface area contributed by atoms with Crippen molar-refractivity contribution in [2.75, 3.05) is 7.11 Å². The smallest absolute Gasteiger partial charge is 0.397 e. The second-order valence-electron chi connectivity index (χ2n) is 1.95. The monoisotopic (exact) mass is 215 g/mol. The summed E-state index contributed by atoms with van der Waals surface area (Å²) in [6, 6.07) is -0.681. The third-order valence-electron chi connectivity index (χ3n) is 0.968. The molecule has 0 radical (unpaired) electrons. The van der Waals surface area contributed by atoms with Crippen LogP contribution in [-0.4, -0.2) is 37.2 Å². The highest BCUT2D eigenvalue weighted by Gasteiger charge is 2.05. The molecule has 80 valence electrons. The first-order valence-electron chi connectivity index (χ1n) is 3.26. The summed E-state index contributed by atoms with van der Waals surface area (Å²) < 4.78 is 29.7. The maximum absolute atomic E-state index is 9.81. The molecule has 0 aliphatic rings. The molecule has 8 heteroatoms. The predicted molar refractivity (Wildman–Crippen MR) is 44.5 cm³/mol. The standard InChI is InChI=1S/C4H9NO2.CH4O4S/c1-2-3(5)4(6)7;1-5-6(2,3)4/h3H,2,5H2,1H3,(H,6,7);1H3,(H,2,3,4)/t3-;/m0./s1. The molecule has 0 aliphatic carbocycles. The van der Waals surface area contributed by atoms with Gasteiger partial charge in [-0.3, -0.25) is 13.5 Å². The highest BCUT2D eigenvalue weighted by molar-refractivity contribution is 7.80. The van der Waals surface area contributed by atoms with Crippen molar-refractivity contribution in [2.45, 2.75) is 19.4 Å². The normalized spacial score (nSPS) is 12.6. The molecule has 0 aromatic heterocycles. The van der Waals surface area contributed by atoms with Gasteiger partial charge < -0.3 is 10.8 Å². The lowest BCUT2D eigenvalue weighted by Gasteiger charge is -1.97. The van der Waals surface area contributed by atoms with Crippen LogP contribution in [-0.2, 0) is 19.4 Å². The van der Waals surface area contributed by atoms with Crippen LogP contribution < -0.4 is 5.73 Å². The summed E-state index contributed by atoms with van der Waals surface area (Å²) in [6.07, 6.45) is 0.495. The lowest BCUT2D eigenvalue weighted by molar-refractivity contribution is -0.138. The number of carbonyl (C=O) groups is 1. The van der Waals surface area contributed by atoms with Crippen LogP contribution in [0.1, 0.15) is 13.3 Å². The molecular weight excluding hydrogens is 202 g/mol. The SMILES string of the molecule is CC[C@H](N)C(=O)O.COS(=O)(=O)O. The van der Waals surface area contributed by atoms with Crippen molar-refractivity contribution in [3.05, 3.63) is 0 Å². The van der Waals surface area contributed by atoms with E-state index in [1.807, 2.05) is 0 Å². The molecular formula is C5H13NO6S. The Bertz CT molecular complexity index is 235. The Kier molecular flexibility index (Phi) is 7.72. The summed E-state index contributed by atoms with van der Waals surface area (Å²) in [6.45, 7) is 1.73. The molecule has 0 aromatic carbocycles. The van der Waals surface area contributed by atoms with Crippen LogP contribution in [0.15, 0.2) is 0 Å². The minimum atomic E-state index is -4.16. The van der Waals surface area contributed by atoms with Gasteiger partial charge in [0, 0.05) is 0 Å². The van der Waals surface area contributed by atoms with Crippen molar-refractivity contribution < 1.29 is 27.1 Å². The number of hydrogen-bond donors (Lipinski definition) is 3. The zero-order valence-corrected chi connectivity index (χ0v) is 8.11. The third-order valence-corrected chi connectivity index (χ3v) is 1.39. The van der Waals surface area contributed by atoms with E-state index in [4.69, 9.17) is 15.4 Å². The van der Waals surface area contributed by atoms with Crippen LogP contribution in [0.3, 0.4) is 0 Å². The van der Waals surface area contributed by atoms with Gasteiger partial charge in [0.25, 0.3) is 0 Å². The predicted octanol–water partition coefficient (Wildman–Crippen LogP) is -0.756. The van der Waals surface area contributed by atoms with Gasteiger partial charge in [0.15, 0.2) is 0 Å². The average molecular weight is 215 g/mol. The van der Waals surface area contributed by atoms with Gasteiger partial charge in [-0.15, -0.1) is 0 Å². The van der Waals surface area contributed by atoms with Crippen molar-refractivity contribution in [3.63, 3.8) is 0 Å². The average Bonchev–Trinajstić information content (AvgIpc) is 2.02. The van der Waals surface area contributed by atoms with Crippen molar-refractivity contribution >= 4 is 16.4 Å². The fourth-order valence-corrected chi connectivity index (χ4v) is 0.175. The fraction of sp³-hybridized carbons (Fsp3) is 0.800. The zero-order chi connectivity index (χ0) is 11.1. The van der Waals surface area contributed by atoms with E-state index < -0.39 is 22.4 Å². The Balaban J connectivity index is 0. The van der Waals surface area contributed by atoms with E-state index in [9.17, 15) is 13.2 Å². The first-order chi connectivity index (χ1) is 5.74. The molecule has 13 heavy (non-hydrogen) atoms. The number of nitrogens with two attached hydrogens (primary N) is 1. The molecule has 4 N–H and O–H groups in total. The van der Waals surface area contributed by atoms with Crippen molar-refractivity contribution in [1.29, 1.82) is 0 Å². The summed E-state index contributed by atoms with van der Waals surface area (Å²) in [5.74, 6) is -0.928. The highest BCUT2D eigenvalue weighted by Crippen LogP contribution is 1.82. The highest BCUT2D eigenvalue weighted by atomic mass is 32.3. The van der Waals surface area contributed by atoms with Crippen molar-refractivity contribution in [3.8, 4) is 0 Å². The van der Waals surface area contributed by atoms with Gasteiger partial charge in [-0.25, -0.2) is 0 Å². The van der Waals surface area contributed by atoms with E-state index in [0.717, 1.165) is 7.11 Å². The molecule has 0 aromatic rings. The maximum Gasteiger partial charge on any atom is 0.397 e. The summed E-state index contributed by atoms with van der Waals surface area (Å²) in [5.41, 5.74) is 5.02. The fourth-order valence-electron chi connectivity index (χ4n) is 0.175. The number of rotatable bonds is 3. The van der Waals surface area contributed by atoms with Crippen LogP contribution in [0.4, 0.5) is 0 Å². The summed E-state index contributed by atoms with van der Waals surface area (Å²) in [5, 5.41) is 8.06. The van der Waals surface area contributed by atoms with E-state index >= 15 is 0 Å². The molecule has 1 atom stereocenters. The third kappa shape index (κ3) is 14.2. The second kappa shape index (κ2) is 6.78. The van der Waals surface area contributed by atoms with Crippen LogP contribution in [0.2, 0.25) is 0 Å². The van der Waals surface area contributed by atoms with E-state index in [1.54, 1.807) is 6.92 Å². The Morgan fingerprint density at radius 2 is 1.92 bits per heavy atom. The minimum Gasteiger partial charge on any atom is -0.480 e. The summed E-state index contributed by atoms with van der Waals surface area (Å²) in [7, 11) is -3.29. The van der Waals surface area contributed by atoms with E-state index in [-0.39, 0.29) is 0 Å². The molecule has 0 fully saturated rings. The van der Waals surface area contributed by atoms with Gasteiger partial charge in [-0.05, 0) is 6.42 Å². The van der Waals surface area contributed by atoms with Gasteiger partial charge in [-0.2, -0.15) is 8.42 Å². The van der Waals surface area contributed by atoms with Gasteiger partial charge in [0.2, 0.25) is 0 Å². The van der Waals surface area contributed by atoms with E-state index in [0.29, 0.717) is 6.42 Å². The quantitative estimate of drug-likeness (QED) is 0.528. The molecule has 0 amide bonds. The number of carboxylic acids is 1. The summed E-state index contributed by atoms with van der Waals surface area (Å²) >= 11 is 0. The molecule has 0 saturated heterocycles. The summed E-state index contributed by atoms with van der Waals surface area (Å²) in [4.78, 5) is 9.81. The van der Waals surface area contributed by atoms with Gasteiger partial charge in [-0.1, -0.05) is 6.92 Å². The molecule has 0 rings (SSSR count). The Hall–Kier alpha value is -0.700. The minimum absolute atomic E-state index is 0.495. The Labute approximate surface area is 76.5 Å². The molecule has 0 bridgehead atoms. The van der Waals surface area contributed by atoms with Crippen LogP contribution in [0, 0.1) is 0 Å². The molecule has 0 unspecified atom stereocenters. The molecule has 0 spiro atoms. The molecule has 0 aliphatic heterocycles. The van der Waals surface area contributed by atoms with E-state index in [1.165, 1.54) is 0 Å². The number of aliphatic carboxylic acids is 1. The topological polar surface area (TPSA) is 127 Å². The second-order valence-corrected chi connectivity index (χ2v) is 3.14. The van der Waals surface area contributed by atoms with Crippen LogP contribution >= 0.6 is 0 Å². The number of carboxylic acid groups (broad SMARTS) is 1. The van der Waals surface area contributed by atoms with Gasteiger partial charge in [0.1, 0.15) is 6.04 Å². The lowest BCUT2D eigenvalue weighted by atomic mass is 10.2. The zero-order valence-electron chi connectivity index (χ0n) is 7.30. The van der Waals surface area contributed by atoms with Crippen LogP contribution in [0.25, 0.3) is 0 Å². The van der Waals surface area contributed by atoms with Crippen molar-refractivity contribution in [1.82, 2.24) is 0 Å². The van der Waals surface area contributed by atoms with Gasteiger partial charge in [0.05, 0.1) is 7.11 Å². The van der Waals surface area contributed by atoms with Gasteiger partial charge >= 0.3 is 16.4 Å². The lowest BCUT2D eigenvalue weighted by Crippen LogP contribution is -2.28. The first-order valence-corrected chi connectivity index (χ1v) is 4.62. The Morgan fingerprint density at radius 1 is 1.62 bits per heavy atom. The largest absolute Gasteiger partial charge is 0.480 e. The van der Waals surface area contributed by atoms with E-state index in [2.05, 4.69) is 4.18 Å². The Morgan fingerprint density at radius 3 is 1.92 bits per heavy atom. The molecule has 7 nitrogen and oxygen atoms in total. The maximum atomic E-state index is 9.81.